The van der Waals surface area contributed by atoms with Crippen molar-refractivity contribution in [3.05, 3.63) is 53.2 Å². The highest BCUT2D eigenvalue weighted by molar-refractivity contribution is 5.95. The molecular weight excluding hydrogens is 426 g/mol. The Morgan fingerprint density at radius 3 is 2.53 bits per heavy atom. The van der Waals surface area contributed by atoms with Gasteiger partial charge in [0, 0.05) is 30.3 Å². The number of hydrogen-bond donors (Lipinski definition) is 2. The number of piperidine rings is 1. The Labute approximate surface area is 200 Å². The molecule has 34 heavy (non-hydrogen) atoms. The first kappa shape index (κ1) is 21.4. The third-order valence-electron chi connectivity index (χ3n) is 7.65. The molecule has 7 heteroatoms. The molecule has 4 aliphatic rings. The minimum atomic E-state index is -0.478. The molecule has 4 heterocycles. The van der Waals surface area contributed by atoms with Crippen molar-refractivity contribution in [2.75, 3.05) is 29.9 Å². The highest BCUT2D eigenvalue weighted by Crippen LogP contribution is 2.37. The first-order valence-electron chi connectivity index (χ1n) is 12.5. The van der Waals surface area contributed by atoms with Crippen LogP contribution in [0.15, 0.2) is 36.5 Å². The average molecular weight is 458 g/mol. The number of aromatic nitrogens is 1. The van der Waals surface area contributed by atoms with E-state index in [0.29, 0.717) is 30.5 Å². The number of nitrogens with zero attached hydrogens (tertiary/aromatic N) is 3. The molecule has 1 aromatic carbocycles. The molecule has 1 amide bonds. The highest BCUT2D eigenvalue weighted by atomic mass is 16.2. The van der Waals surface area contributed by atoms with Crippen LogP contribution < -0.4 is 15.5 Å². The maximum Gasteiger partial charge on any atom is 0.228 e. The second kappa shape index (κ2) is 8.87. The second-order valence-electron chi connectivity index (χ2n) is 9.88. The topological polar surface area (TPSA) is 77.6 Å². The third kappa shape index (κ3) is 4.09. The summed E-state index contributed by atoms with van der Waals surface area (Å²) in [6.07, 6.45) is 11.2. The Balaban J connectivity index is 1.25. The summed E-state index contributed by atoms with van der Waals surface area (Å²) in [5, 5.41) is 6.55. The van der Waals surface area contributed by atoms with Crippen molar-refractivity contribution in [2.45, 2.75) is 56.5 Å². The minimum Gasteiger partial charge on any atom is -0.378 e. The van der Waals surface area contributed by atoms with Crippen LogP contribution in [-0.2, 0) is 9.59 Å². The van der Waals surface area contributed by atoms with Crippen molar-refractivity contribution >= 4 is 35.6 Å². The van der Waals surface area contributed by atoms with Crippen LogP contribution in [0.2, 0.25) is 0 Å². The van der Waals surface area contributed by atoms with Gasteiger partial charge in [0.2, 0.25) is 5.91 Å². The van der Waals surface area contributed by atoms with E-state index in [1.807, 2.05) is 12.1 Å². The third-order valence-corrected chi connectivity index (χ3v) is 7.65. The van der Waals surface area contributed by atoms with Gasteiger partial charge in [-0.3, -0.25) is 9.69 Å². The molecule has 176 valence electrons. The Hall–Kier alpha value is -3.19. The van der Waals surface area contributed by atoms with Gasteiger partial charge in [0.05, 0.1) is 0 Å². The van der Waals surface area contributed by atoms with Crippen molar-refractivity contribution in [2.24, 2.45) is 0 Å². The highest BCUT2D eigenvalue weighted by Gasteiger charge is 2.32. The number of hydrogen-bond acceptors (Lipinski definition) is 6. The zero-order chi connectivity index (χ0) is 23.1. The summed E-state index contributed by atoms with van der Waals surface area (Å²) in [5.74, 6) is 1.97. The van der Waals surface area contributed by atoms with E-state index < -0.39 is 6.04 Å². The number of likely N-dealkylation sites (tertiary alicyclic amines) is 1. The number of amides is 1. The Morgan fingerprint density at radius 2 is 1.85 bits per heavy atom. The number of anilines is 3. The van der Waals surface area contributed by atoms with E-state index in [-0.39, 0.29) is 5.91 Å². The van der Waals surface area contributed by atoms with Crippen molar-refractivity contribution < 1.29 is 9.59 Å². The van der Waals surface area contributed by atoms with Gasteiger partial charge in [-0.05, 0) is 92.7 Å². The monoisotopic (exact) mass is 457 g/mol. The van der Waals surface area contributed by atoms with Crippen LogP contribution in [0.5, 0.6) is 0 Å². The molecule has 2 saturated heterocycles. The summed E-state index contributed by atoms with van der Waals surface area (Å²) in [4.78, 5) is 33.4. The van der Waals surface area contributed by atoms with Gasteiger partial charge in [0.25, 0.3) is 0 Å². The predicted molar refractivity (Wildman–Crippen MR) is 133 cm³/mol. The molecule has 2 N–H and O–H groups in total. The van der Waals surface area contributed by atoms with Crippen LogP contribution in [-0.4, -0.2) is 47.8 Å². The van der Waals surface area contributed by atoms with Crippen molar-refractivity contribution in [3.63, 3.8) is 0 Å². The smallest absolute Gasteiger partial charge is 0.228 e. The Bertz CT molecular complexity index is 1120. The molecule has 1 aromatic heterocycles. The quantitative estimate of drug-likeness (QED) is 0.636. The summed E-state index contributed by atoms with van der Waals surface area (Å²) in [5.41, 5.74) is 4.03. The number of carbonyl (C=O) groups is 2. The van der Waals surface area contributed by atoms with Crippen molar-refractivity contribution in [1.82, 2.24) is 15.2 Å². The van der Waals surface area contributed by atoms with Crippen molar-refractivity contribution in [3.8, 4) is 0 Å². The van der Waals surface area contributed by atoms with Crippen LogP contribution in [0.25, 0.3) is 6.08 Å². The van der Waals surface area contributed by atoms with Gasteiger partial charge in [0.1, 0.15) is 24.0 Å². The van der Waals surface area contributed by atoms with Crippen molar-refractivity contribution in [1.29, 1.82) is 0 Å². The second-order valence-corrected chi connectivity index (χ2v) is 9.88. The number of aldehydes is 1. The molecule has 1 unspecified atom stereocenters. The van der Waals surface area contributed by atoms with Gasteiger partial charge >= 0.3 is 0 Å². The fourth-order valence-corrected chi connectivity index (χ4v) is 5.59. The molecule has 6 rings (SSSR count). The lowest BCUT2D eigenvalue weighted by atomic mass is 9.89. The first-order chi connectivity index (χ1) is 16.7. The van der Waals surface area contributed by atoms with Crippen LogP contribution in [0, 0.1) is 0 Å². The molecule has 0 radical (unpaired) electrons. The summed E-state index contributed by atoms with van der Waals surface area (Å²) >= 11 is 0. The van der Waals surface area contributed by atoms with E-state index >= 15 is 0 Å². The van der Waals surface area contributed by atoms with Gasteiger partial charge in [-0.2, -0.15) is 0 Å². The SMILES string of the molecule is O=CC1NC=Cc2cc(N3CCCC3=O)nc(Nc3ccc(C4CCN(C5CC5)CC4)cc3)c21. The van der Waals surface area contributed by atoms with E-state index in [1.54, 1.807) is 11.1 Å². The fraction of sp³-hybridized carbons (Fsp3) is 0.444. The molecule has 1 saturated carbocycles. The standard InChI is InChI=1S/C27H31N5O2/c33-17-23-26-20(9-12-28-23)16-24(32-13-1-2-25(32)34)30-27(26)29-21-5-3-18(4-6-21)19-10-14-31(15-11-19)22-7-8-22/h3-6,9,12,16-17,19,22-23,28H,1-2,7-8,10-11,13-15H2,(H,29,30). The van der Waals surface area contributed by atoms with Gasteiger partial charge in [-0.1, -0.05) is 12.1 Å². The Morgan fingerprint density at radius 1 is 1.06 bits per heavy atom. The molecule has 1 aliphatic carbocycles. The van der Waals surface area contributed by atoms with E-state index in [4.69, 9.17) is 4.98 Å². The molecular formula is C27H31N5O2. The number of rotatable bonds is 6. The lowest BCUT2D eigenvalue weighted by Gasteiger charge is -2.32. The minimum absolute atomic E-state index is 0.0975. The lowest BCUT2D eigenvalue weighted by molar-refractivity contribution is -0.117. The zero-order valence-electron chi connectivity index (χ0n) is 19.4. The first-order valence-corrected chi connectivity index (χ1v) is 12.5. The zero-order valence-corrected chi connectivity index (χ0v) is 19.4. The summed E-state index contributed by atoms with van der Waals surface area (Å²) in [6, 6.07) is 10.9. The van der Waals surface area contributed by atoms with Crippen LogP contribution >= 0.6 is 0 Å². The largest absolute Gasteiger partial charge is 0.378 e. The number of pyridine rings is 1. The van der Waals surface area contributed by atoms with E-state index in [9.17, 15) is 9.59 Å². The van der Waals surface area contributed by atoms with Gasteiger partial charge in [0.15, 0.2) is 0 Å². The number of benzene rings is 1. The summed E-state index contributed by atoms with van der Waals surface area (Å²) in [6.45, 7) is 3.10. The molecule has 3 fully saturated rings. The Kier molecular flexibility index (Phi) is 5.57. The number of nitrogens with one attached hydrogen (secondary N) is 2. The normalized spacial score (nSPS) is 23.0. The summed E-state index contributed by atoms with van der Waals surface area (Å²) < 4.78 is 0. The van der Waals surface area contributed by atoms with Gasteiger partial charge in [-0.15, -0.1) is 0 Å². The fourth-order valence-electron chi connectivity index (χ4n) is 5.59. The number of carbonyl (C=O) groups excluding carboxylic acids is 2. The average Bonchev–Trinajstić information content (AvgIpc) is 3.64. The lowest BCUT2D eigenvalue weighted by Crippen LogP contribution is -2.34. The van der Waals surface area contributed by atoms with Gasteiger partial charge in [-0.25, -0.2) is 4.98 Å². The van der Waals surface area contributed by atoms with Gasteiger partial charge < -0.3 is 20.3 Å². The molecule has 1 atom stereocenters. The summed E-state index contributed by atoms with van der Waals surface area (Å²) in [7, 11) is 0. The molecule has 0 spiro atoms. The maximum atomic E-state index is 12.4. The molecule has 2 aromatic rings. The molecule has 7 nitrogen and oxygen atoms in total. The van der Waals surface area contributed by atoms with E-state index in [2.05, 4.69) is 39.8 Å². The van der Waals surface area contributed by atoms with E-state index in [0.717, 1.165) is 35.6 Å². The molecule has 0 bridgehead atoms. The van der Waals surface area contributed by atoms with Crippen LogP contribution in [0.3, 0.4) is 0 Å². The maximum absolute atomic E-state index is 12.4. The molecule has 3 aliphatic heterocycles. The van der Waals surface area contributed by atoms with Crippen LogP contribution in [0.1, 0.15) is 67.2 Å². The number of fused-ring (bicyclic) bond motifs is 1. The van der Waals surface area contributed by atoms with E-state index in [1.165, 1.54) is 44.3 Å². The van der Waals surface area contributed by atoms with Crippen LogP contribution in [0.4, 0.5) is 17.3 Å². The predicted octanol–water partition coefficient (Wildman–Crippen LogP) is 4.11.